The van der Waals surface area contributed by atoms with Crippen molar-refractivity contribution in [3.63, 3.8) is 0 Å². The van der Waals surface area contributed by atoms with Crippen molar-refractivity contribution in [3.05, 3.63) is 107 Å². The van der Waals surface area contributed by atoms with E-state index in [4.69, 9.17) is 14.2 Å². The standard InChI is InChI=1S/C49H54F10O4/c1-4-5-29(3)31-10-12-33(13-11-31)32-8-6-30(7-9-32)27-62-44-17-16-43(47(56)48(44)57)61-21-19-28(2)18-20-60-35-14-15-37(38(50)24-35)34-22-39(51)45(40(52)23-34)49(58,59)63-36-25-41(53)46(55)42(54)26-36/h14-17,22-26,28-33H,4-13,18-21,27H2,1-3H3. The van der Waals surface area contributed by atoms with E-state index in [1.165, 1.54) is 56.7 Å². The first kappa shape index (κ1) is 47.8. The van der Waals surface area contributed by atoms with Crippen molar-refractivity contribution < 1.29 is 62.9 Å². The molecular formula is C49H54F10O4. The fourth-order valence-electron chi connectivity index (χ4n) is 9.16. The van der Waals surface area contributed by atoms with Crippen LogP contribution in [0, 0.1) is 82.0 Å². The minimum atomic E-state index is -4.80. The monoisotopic (exact) mass is 896 g/mol. The molecular weight excluding hydrogens is 843 g/mol. The summed E-state index contributed by atoms with van der Waals surface area (Å²) in [6, 6.07) is 7.14. The van der Waals surface area contributed by atoms with Crippen LogP contribution in [0.2, 0.25) is 0 Å². The molecule has 0 aromatic heterocycles. The summed E-state index contributed by atoms with van der Waals surface area (Å²) in [5, 5.41) is 0. The Bertz CT molecular complexity index is 2100. The van der Waals surface area contributed by atoms with Crippen LogP contribution in [0.15, 0.2) is 54.6 Å². The lowest BCUT2D eigenvalue weighted by Crippen LogP contribution is -2.29. The summed E-state index contributed by atoms with van der Waals surface area (Å²) in [6.45, 7) is 7.09. The minimum Gasteiger partial charge on any atom is -0.493 e. The molecule has 0 N–H and O–H groups in total. The maximum atomic E-state index is 15.1. The quantitative estimate of drug-likeness (QED) is 0.0694. The Morgan fingerprint density at radius 1 is 0.571 bits per heavy atom. The molecule has 2 aliphatic rings. The Balaban J connectivity index is 0.910. The van der Waals surface area contributed by atoms with Gasteiger partial charge in [0.05, 0.1) is 19.8 Å². The van der Waals surface area contributed by atoms with Gasteiger partial charge in [0.15, 0.2) is 29.0 Å². The predicted octanol–water partition coefficient (Wildman–Crippen LogP) is 14.9. The number of rotatable bonds is 19. The second-order valence-corrected chi connectivity index (χ2v) is 17.4. The molecule has 2 saturated carbocycles. The van der Waals surface area contributed by atoms with E-state index < -0.39 is 69.5 Å². The number of hydrogen-bond donors (Lipinski definition) is 0. The van der Waals surface area contributed by atoms with E-state index in [9.17, 15) is 39.5 Å². The van der Waals surface area contributed by atoms with Gasteiger partial charge >= 0.3 is 6.11 Å². The molecule has 4 aromatic carbocycles. The number of hydrogen-bond acceptors (Lipinski definition) is 4. The first-order valence-corrected chi connectivity index (χ1v) is 21.9. The summed E-state index contributed by atoms with van der Waals surface area (Å²) in [4.78, 5) is 0. The van der Waals surface area contributed by atoms with E-state index in [-0.39, 0.29) is 54.1 Å². The number of halogens is 10. The summed E-state index contributed by atoms with van der Waals surface area (Å²) < 4.78 is 165. The fourth-order valence-corrected chi connectivity index (χ4v) is 9.16. The molecule has 344 valence electrons. The molecule has 0 amide bonds. The van der Waals surface area contributed by atoms with Gasteiger partial charge in [-0.1, -0.05) is 33.6 Å². The second kappa shape index (κ2) is 21.4. The summed E-state index contributed by atoms with van der Waals surface area (Å²) in [6.07, 6.45) is 8.38. The van der Waals surface area contributed by atoms with Crippen molar-refractivity contribution in [2.24, 2.45) is 35.5 Å². The molecule has 6 rings (SSSR count). The van der Waals surface area contributed by atoms with E-state index in [0.717, 1.165) is 61.5 Å². The predicted molar refractivity (Wildman–Crippen MR) is 219 cm³/mol. The van der Waals surface area contributed by atoms with Gasteiger partial charge in [-0.25, -0.2) is 26.3 Å². The van der Waals surface area contributed by atoms with Gasteiger partial charge < -0.3 is 18.9 Å². The van der Waals surface area contributed by atoms with E-state index in [1.54, 1.807) is 0 Å². The van der Waals surface area contributed by atoms with Gasteiger partial charge in [0, 0.05) is 23.8 Å². The molecule has 0 heterocycles. The van der Waals surface area contributed by atoms with Gasteiger partial charge in [-0.3, -0.25) is 0 Å². The van der Waals surface area contributed by atoms with Crippen molar-refractivity contribution in [1.82, 2.24) is 0 Å². The third-order valence-electron chi connectivity index (χ3n) is 12.9. The zero-order valence-corrected chi connectivity index (χ0v) is 35.7. The van der Waals surface area contributed by atoms with E-state index in [0.29, 0.717) is 37.5 Å². The molecule has 2 fully saturated rings. The van der Waals surface area contributed by atoms with E-state index in [2.05, 4.69) is 18.6 Å². The van der Waals surface area contributed by atoms with Crippen LogP contribution in [0.5, 0.6) is 23.0 Å². The Kier molecular flexibility index (Phi) is 16.2. The lowest BCUT2D eigenvalue weighted by atomic mass is 9.67. The molecule has 4 nitrogen and oxygen atoms in total. The lowest BCUT2D eigenvalue weighted by molar-refractivity contribution is -0.189. The SMILES string of the molecule is CCCC(C)C1CCC(C2CCC(COc3ccc(OCCC(C)CCOc4ccc(-c5cc(F)c(C(F)(F)Oc6cc(F)c(F)c(F)c6)c(F)c5)c(F)c4)c(F)c3F)CC2)CC1. The van der Waals surface area contributed by atoms with Gasteiger partial charge in [0.2, 0.25) is 11.6 Å². The Morgan fingerprint density at radius 3 is 1.68 bits per heavy atom. The largest absolute Gasteiger partial charge is 0.493 e. The highest BCUT2D eigenvalue weighted by Crippen LogP contribution is 2.44. The average Bonchev–Trinajstić information content (AvgIpc) is 3.24. The van der Waals surface area contributed by atoms with Gasteiger partial charge in [-0.15, -0.1) is 0 Å². The molecule has 2 unspecified atom stereocenters. The first-order valence-electron chi connectivity index (χ1n) is 21.9. The van der Waals surface area contributed by atoms with Gasteiger partial charge in [-0.2, -0.15) is 17.6 Å². The lowest BCUT2D eigenvalue weighted by Gasteiger charge is -2.39. The highest BCUT2D eigenvalue weighted by atomic mass is 19.3. The summed E-state index contributed by atoms with van der Waals surface area (Å²) in [7, 11) is 0. The number of alkyl halides is 2. The van der Waals surface area contributed by atoms with Crippen LogP contribution in [0.3, 0.4) is 0 Å². The van der Waals surface area contributed by atoms with Crippen molar-refractivity contribution in [3.8, 4) is 34.1 Å². The van der Waals surface area contributed by atoms with E-state index >= 15 is 4.39 Å². The Hall–Kier alpha value is -4.62. The number of benzene rings is 4. The molecule has 2 atom stereocenters. The Morgan fingerprint density at radius 2 is 1.11 bits per heavy atom. The molecule has 4 aromatic rings. The van der Waals surface area contributed by atoms with Gasteiger partial charge in [0.1, 0.15) is 34.5 Å². The first-order chi connectivity index (χ1) is 30.0. The van der Waals surface area contributed by atoms with Gasteiger partial charge in [-0.05, 0) is 142 Å². The maximum absolute atomic E-state index is 15.1. The zero-order chi connectivity index (χ0) is 45.4. The maximum Gasteiger partial charge on any atom is 0.432 e. The summed E-state index contributed by atoms with van der Waals surface area (Å²) in [5.74, 6) is -10.6. The average molecular weight is 897 g/mol. The fraction of sp³-hybridized carbons (Fsp3) is 0.510. The smallest absolute Gasteiger partial charge is 0.432 e. The van der Waals surface area contributed by atoms with Crippen molar-refractivity contribution in [2.75, 3.05) is 19.8 Å². The number of ether oxygens (including phenoxy) is 4. The highest BCUT2D eigenvalue weighted by molar-refractivity contribution is 5.66. The topological polar surface area (TPSA) is 36.9 Å². The minimum absolute atomic E-state index is 0.0167. The van der Waals surface area contributed by atoms with Crippen LogP contribution in [0.25, 0.3) is 11.1 Å². The van der Waals surface area contributed by atoms with Crippen molar-refractivity contribution >= 4 is 0 Å². The normalized spacial score (nSPS) is 20.3. The van der Waals surface area contributed by atoms with Crippen molar-refractivity contribution in [1.29, 1.82) is 0 Å². The molecule has 14 heteroatoms. The summed E-state index contributed by atoms with van der Waals surface area (Å²) >= 11 is 0. The molecule has 0 radical (unpaired) electrons. The van der Waals surface area contributed by atoms with Crippen LogP contribution < -0.4 is 18.9 Å². The van der Waals surface area contributed by atoms with Crippen molar-refractivity contribution in [2.45, 2.75) is 104 Å². The second-order valence-electron chi connectivity index (χ2n) is 17.4. The van der Waals surface area contributed by atoms with E-state index in [1.807, 2.05) is 6.92 Å². The third kappa shape index (κ3) is 12.1. The molecule has 0 aliphatic heterocycles. The van der Waals surface area contributed by atoms with Crippen LogP contribution in [-0.4, -0.2) is 19.8 Å². The molecule has 63 heavy (non-hydrogen) atoms. The molecule has 0 spiro atoms. The summed E-state index contributed by atoms with van der Waals surface area (Å²) in [5.41, 5.74) is -2.73. The molecule has 0 bridgehead atoms. The zero-order valence-electron chi connectivity index (χ0n) is 35.7. The Labute approximate surface area is 362 Å². The molecule has 2 aliphatic carbocycles. The third-order valence-corrected chi connectivity index (χ3v) is 12.9. The van der Waals surface area contributed by atoms with Crippen LogP contribution in [0.1, 0.15) is 103 Å². The highest BCUT2D eigenvalue weighted by Gasteiger charge is 2.42. The van der Waals surface area contributed by atoms with Crippen LogP contribution in [-0.2, 0) is 6.11 Å². The molecule has 0 saturated heterocycles. The van der Waals surface area contributed by atoms with Crippen LogP contribution >= 0.6 is 0 Å². The van der Waals surface area contributed by atoms with Crippen LogP contribution in [0.4, 0.5) is 43.9 Å². The van der Waals surface area contributed by atoms with Gasteiger partial charge in [0.25, 0.3) is 0 Å².